The van der Waals surface area contributed by atoms with Gasteiger partial charge in [-0.25, -0.2) is 13.2 Å². The Morgan fingerprint density at radius 3 is 2.06 bits per heavy atom. The molecule has 0 aromatic heterocycles. The molecule has 0 heterocycles. The number of benzene rings is 3. The predicted molar refractivity (Wildman–Crippen MR) is 131 cm³/mol. The first-order chi connectivity index (χ1) is 15.9. The highest BCUT2D eigenvalue weighted by Crippen LogP contribution is 2.20. The van der Waals surface area contributed by atoms with Gasteiger partial charge in [-0.1, -0.05) is 43.4 Å². The fourth-order valence-corrected chi connectivity index (χ4v) is 3.83. The molecule has 0 spiro atoms. The summed E-state index contributed by atoms with van der Waals surface area (Å²) in [6, 6.07) is 13.1. The van der Waals surface area contributed by atoms with Crippen LogP contribution < -0.4 is 0 Å². The van der Waals surface area contributed by atoms with Crippen molar-refractivity contribution in [2.24, 2.45) is 0 Å². The first-order valence-electron chi connectivity index (χ1n) is 10.9. The number of hydrogen-bond acceptors (Lipinski definition) is 1. The van der Waals surface area contributed by atoms with Gasteiger partial charge in [0.1, 0.15) is 17.5 Å². The highest BCUT2D eigenvalue weighted by molar-refractivity contribution is 7.98. The van der Waals surface area contributed by atoms with Crippen molar-refractivity contribution >= 4 is 11.8 Å². The van der Waals surface area contributed by atoms with Crippen LogP contribution in [0.3, 0.4) is 0 Å². The zero-order valence-electron chi connectivity index (χ0n) is 19.0. The van der Waals surface area contributed by atoms with Crippen LogP contribution in [-0.2, 0) is 6.42 Å². The Balaban J connectivity index is 1.78. The van der Waals surface area contributed by atoms with Crippen molar-refractivity contribution in [3.05, 3.63) is 99.4 Å². The minimum atomic E-state index is -0.632. The van der Waals surface area contributed by atoms with Gasteiger partial charge in [-0.15, -0.1) is 11.8 Å². The van der Waals surface area contributed by atoms with E-state index >= 15 is 0 Å². The average molecular weight is 463 g/mol. The molecule has 3 aromatic carbocycles. The van der Waals surface area contributed by atoms with Gasteiger partial charge >= 0.3 is 0 Å². The maximum Gasteiger partial charge on any atom is 0.142 e. The van der Waals surface area contributed by atoms with Crippen molar-refractivity contribution in [2.75, 3.05) is 6.26 Å². The summed E-state index contributed by atoms with van der Waals surface area (Å²) in [5.74, 6) is 9.95. The summed E-state index contributed by atoms with van der Waals surface area (Å²) >= 11 is 1.35. The highest BCUT2D eigenvalue weighted by atomic mass is 32.2. The van der Waals surface area contributed by atoms with E-state index in [0.29, 0.717) is 28.0 Å². The molecule has 4 heteroatoms. The van der Waals surface area contributed by atoms with Crippen LogP contribution in [0.25, 0.3) is 0 Å². The van der Waals surface area contributed by atoms with Crippen LogP contribution in [0.2, 0.25) is 0 Å². The molecule has 0 nitrogen and oxygen atoms in total. The quantitative estimate of drug-likeness (QED) is 0.213. The molecule has 0 saturated heterocycles. The van der Waals surface area contributed by atoms with Gasteiger partial charge in [-0.3, -0.25) is 0 Å². The molecule has 0 bridgehead atoms. The molecule has 0 aliphatic rings. The first-order valence-corrected chi connectivity index (χ1v) is 12.1. The van der Waals surface area contributed by atoms with Crippen molar-refractivity contribution < 1.29 is 13.2 Å². The van der Waals surface area contributed by atoms with E-state index in [0.717, 1.165) is 30.4 Å². The maximum absolute atomic E-state index is 14.4. The van der Waals surface area contributed by atoms with Crippen LogP contribution in [0, 0.1) is 48.1 Å². The molecule has 33 heavy (non-hydrogen) atoms. The lowest BCUT2D eigenvalue weighted by atomic mass is 10.0. The van der Waals surface area contributed by atoms with E-state index in [1.807, 2.05) is 25.3 Å². The van der Waals surface area contributed by atoms with E-state index in [9.17, 15) is 13.2 Å². The molecule has 0 amide bonds. The molecule has 0 unspecified atom stereocenters. The normalized spacial score (nSPS) is 10.2. The summed E-state index contributed by atoms with van der Waals surface area (Å²) in [5, 5.41) is 0. The Morgan fingerprint density at radius 1 is 0.758 bits per heavy atom. The van der Waals surface area contributed by atoms with Crippen LogP contribution in [0.4, 0.5) is 13.2 Å². The van der Waals surface area contributed by atoms with Gasteiger partial charge in [-0.05, 0) is 85.7 Å². The third kappa shape index (κ3) is 6.70. The zero-order valence-corrected chi connectivity index (χ0v) is 19.8. The number of hydrogen-bond donors (Lipinski definition) is 0. The molecule has 0 radical (unpaired) electrons. The van der Waals surface area contributed by atoms with E-state index < -0.39 is 11.6 Å². The largest absolute Gasteiger partial charge is 0.206 e. The fraction of sp³-hybridized carbons (Fsp3) is 0.241. The Kier molecular flexibility index (Phi) is 8.70. The molecule has 3 aromatic rings. The van der Waals surface area contributed by atoms with Gasteiger partial charge in [0.2, 0.25) is 0 Å². The first kappa shape index (κ1) is 24.6. The van der Waals surface area contributed by atoms with Crippen LogP contribution in [0.15, 0.2) is 53.4 Å². The molecule has 3 rings (SSSR count). The van der Waals surface area contributed by atoms with Crippen molar-refractivity contribution in [2.45, 2.75) is 44.4 Å². The smallest absolute Gasteiger partial charge is 0.142 e. The molecule has 0 aliphatic heterocycles. The van der Waals surface area contributed by atoms with Gasteiger partial charge in [0.25, 0.3) is 0 Å². The lowest BCUT2D eigenvalue weighted by Crippen LogP contribution is -1.95. The van der Waals surface area contributed by atoms with Crippen molar-refractivity contribution in [1.29, 1.82) is 0 Å². The number of unbranched alkanes of at least 4 members (excludes halogenated alkanes) is 2. The number of aryl methyl sites for hydroxylation is 2. The van der Waals surface area contributed by atoms with Crippen LogP contribution in [0.5, 0.6) is 0 Å². The molecular weight excluding hydrogens is 437 g/mol. The average Bonchev–Trinajstić information content (AvgIpc) is 2.78. The van der Waals surface area contributed by atoms with E-state index in [2.05, 4.69) is 30.6 Å². The summed E-state index contributed by atoms with van der Waals surface area (Å²) in [7, 11) is 0. The molecule has 0 fully saturated rings. The monoisotopic (exact) mass is 462 g/mol. The maximum atomic E-state index is 14.4. The van der Waals surface area contributed by atoms with Gasteiger partial charge in [0, 0.05) is 21.6 Å². The molecule has 0 aliphatic carbocycles. The van der Waals surface area contributed by atoms with E-state index in [-0.39, 0.29) is 11.4 Å². The second-order valence-electron chi connectivity index (χ2n) is 7.77. The van der Waals surface area contributed by atoms with Crippen LogP contribution in [0.1, 0.15) is 59.6 Å². The van der Waals surface area contributed by atoms with Gasteiger partial charge in [0.15, 0.2) is 0 Å². The van der Waals surface area contributed by atoms with E-state index in [1.165, 1.54) is 30.0 Å². The molecule has 0 atom stereocenters. The zero-order chi connectivity index (χ0) is 23.8. The second-order valence-corrected chi connectivity index (χ2v) is 8.62. The summed E-state index contributed by atoms with van der Waals surface area (Å²) in [4.78, 5) is 0.582. The summed E-state index contributed by atoms with van der Waals surface area (Å²) < 4.78 is 42.8. The van der Waals surface area contributed by atoms with E-state index in [4.69, 9.17) is 0 Å². The number of rotatable bonds is 5. The van der Waals surface area contributed by atoms with Crippen molar-refractivity contribution in [3.63, 3.8) is 0 Å². The fourth-order valence-electron chi connectivity index (χ4n) is 3.37. The van der Waals surface area contributed by atoms with Gasteiger partial charge in [0.05, 0.1) is 5.56 Å². The predicted octanol–water partition coefficient (Wildman–Crippen LogP) is 7.67. The third-order valence-electron chi connectivity index (χ3n) is 5.22. The summed E-state index contributed by atoms with van der Waals surface area (Å²) in [5.41, 5.74) is 3.33. The molecule has 0 saturated carbocycles. The lowest BCUT2D eigenvalue weighted by Gasteiger charge is -2.04. The number of halogens is 3. The van der Waals surface area contributed by atoms with Crippen molar-refractivity contribution in [1.82, 2.24) is 0 Å². The Labute approximate surface area is 198 Å². The Hall–Kier alpha value is -3.08. The second kappa shape index (κ2) is 11.7. The molecular formula is C29H25F3S. The topological polar surface area (TPSA) is 0 Å². The summed E-state index contributed by atoms with van der Waals surface area (Å²) in [6.45, 7) is 3.98. The summed E-state index contributed by atoms with van der Waals surface area (Å²) in [6.07, 6.45) is 5.48. The van der Waals surface area contributed by atoms with E-state index in [1.54, 1.807) is 18.2 Å². The third-order valence-corrected chi connectivity index (χ3v) is 5.99. The number of thioether (sulfide) groups is 1. The SMILES string of the molecule is CCCCCc1cc(F)c(C#Cc2ccc(C#Cc3ccc(SC)c(F)c3)c(C)c2)c(F)c1. The van der Waals surface area contributed by atoms with Gasteiger partial charge in [-0.2, -0.15) is 0 Å². The van der Waals surface area contributed by atoms with Gasteiger partial charge < -0.3 is 0 Å². The lowest BCUT2D eigenvalue weighted by molar-refractivity contribution is 0.572. The molecule has 168 valence electrons. The molecule has 0 N–H and O–H groups in total. The Morgan fingerprint density at radius 2 is 1.42 bits per heavy atom. The van der Waals surface area contributed by atoms with Crippen molar-refractivity contribution in [3.8, 4) is 23.7 Å². The van der Waals surface area contributed by atoms with Crippen LogP contribution in [-0.4, -0.2) is 6.26 Å². The minimum Gasteiger partial charge on any atom is -0.206 e. The standard InChI is InChI=1S/C29H25F3S/c1-4-5-6-7-23-18-26(30)25(27(31)19-23)14-10-21-8-12-24(20(2)16-21)13-9-22-11-15-29(33-3)28(32)17-22/h8,11-12,15-19H,4-7H2,1-3H3. The minimum absolute atomic E-state index is 0.216. The Bertz CT molecular complexity index is 1250. The highest BCUT2D eigenvalue weighted by Gasteiger charge is 2.09. The van der Waals surface area contributed by atoms with Crippen LogP contribution >= 0.6 is 11.8 Å².